The van der Waals surface area contributed by atoms with Crippen LogP contribution in [-0.2, 0) is 20.8 Å². The molecule has 0 radical (unpaired) electrons. The van der Waals surface area contributed by atoms with Crippen molar-refractivity contribution in [1.82, 2.24) is 25.2 Å². The zero-order valence-electron chi connectivity index (χ0n) is 17.5. The molecule has 0 aliphatic carbocycles. The van der Waals surface area contributed by atoms with Gasteiger partial charge in [0.25, 0.3) is 0 Å². The average molecular weight is 409 g/mol. The van der Waals surface area contributed by atoms with E-state index in [0.29, 0.717) is 12.1 Å². The van der Waals surface area contributed by atoms with Gasteiger partial charge in [-0.1, -0.05) is 26.0 Å². The first-order valence-electron chi connectivity index (χ1n) is 9.81. The molecule has 0 spiro atoms. The second kappa shape index (κ2) is 9.45. The molecular formula is C19H31N5O5. The van der Waals surface area contributed by atoms with E-state index in [9.17, 15) is 19.5 Å². The smallest absolute Gasteiger partial charge is 0.248 e. The van der Waals surface area contributed by atoms with Crippen LogP contribution in [0.2, 0.25) is 0 Å². The number of aliphatic hydroxyl groups is 2. The number of amides is 2. The van der Waals surface area contributed by atoms with Gasteiger partial charge in [0.2, 0.25) is 11.8 Å². The molecule has 162 valence electrons. The molecule has 0 saturated carbocycles. The number of hydrogen-bond donors (Lipinski definition) is 3. The number of carbonyl (C=O) groups is 3. The van der Waals surface area contributed by atoms with Crippen LogP contribution in [0.15, 0.2) is 6.20 Å². The number of carbonyl (C=O) groups excluding carboxylic acids is 3. The van der Waals surface area contributed by atoms with E-state index in [1.165, 1.54) is 16.6 Å². The molecule has 1 aromatic rings. The number of rotatable bonds is 8. The number of β-amino-alcohol motifs (C(OH)–C–C–N with tert-alkyl or cyclic N) is 1. The van der Waals surface area contributed by atoms with Gasteiger partial charge in [-0.25, -0.2) is 4.68 Å². The van der Waals surface area contributed by atoms with Crippen molar-refractivity contribution < 1.29 is 24.6 Å². The summed E-state index contributed by atoms with van der Waals surface area (Å²) in [6.07, 6.45) is 1.79. The third kappa shape index (κ3) is 5.60. The molecule has 1 aliphatic heterocycles. The highest BCUT2D eigenvalue weighted by Gasteiger charge is 2.44. The second-order valence-electron chi connectivity index (χ2n) is 8.48. The Morgan fingerprint density at radius 1 is 1.31 bits per heavy atom. The maximum Gasteiger partial charge on any atom is 0.248 e. The molecule has 1 aliphatic rings. The van der Waals surface area contributed by atoms with Gasteiger partial charge in [0, 0.05) is 45.7 Å². The number of nitrogens with zero attached hydrogens (tertiary/aromatic N) is 4. The number of likely N-dealkylation sites (tertiary alicyclic amines) is 1. The number of aryl methyl sites for hydroxylation is 1. The number of likely N-dealkylation sites (N-methyl/N-ethyl adjacent to an activating group) is 1. The van der Waals surface area contributed by atoms with Crippen molar-refractivity contribution in [2.75, 3.05) is 20.2 Å². The molecule has 2 rings (SSSR count). The van der Waals surface area contributed by atoms with Crippen molar-refractivity contribution in [1.29, 1.82) is 0 Å². The average Bonchev–Trinajstić information content (AvgIpc) is 3.25. The summed E-state index contributed by atoms with van der Waals surface area (Å²) in [6.45, 7) is 5.58. The van der Waals surface area contributed by atoms with Crippen molar-refractivity contribution in [3.63, 3.8) is 0 Å². The van der Waals surface area contributed by atoms with Crippen LogP contribution in [0, 0.1) is 5.41 Å². The standard InChI is InChI=1S/C19H31N5O5/c1-19(2,3)16(18(29)23-11-14(27)9-15(23)17(28)20-4)24-10-12(21-22-24)5-6-13(26)7-8-25/h10,14-16,25,27H,5-9,11H2,1-4H3,(H,20,28)/t14-,15+,16-/m1/s1. The van der Waals surface area contributed by atoms with Crippen molar-refractivity contribution in [3.8, 4) is 0 Å². The van der Waals surface area contributed by atoms with Crippen LogP contribution in [0.5, 0.6) is 0 Å². The van der Waals surface area contributed by atoms with E-state index < -0.39 is 23.6 Å². The Morgan fingerprint density at radius 2 is 2.00 bits per heavy atom. The normalized spacial score (nSPS) is 20.6. The monoisotopic (exact) mass is 409 g/mol. The topological polar surface area (TPSA) is 138 Å². The highest BCUT2D eigenvalue weighted by molar-refractivity contribution is 5.90. The van der Waals surface area contributed by atoms with E-state index in [0.717, 1.165) is 0 Å². The number of aliphatic hydroxyl groups excluding tert-OH is 2. The first-order chi connectivity index (χ1) is 13.6. The molecule has 3 atom stereocenters. The quantitative estimate of drug-likeness (QED) is 0.524. The van der Waals surface area contributed by atoms with Gasteiger partial charge >= 0.3 is 0 Å². The third-order valence-electron chi connectivity index (χ3n) is 5.04. The Labute approximate surface area is 170 Å². The lowest BCUT2D eigenvalue weighted by Gasteiger charge is -2.34. The summed E-state index contributed by atoms with van der Waals surface area (Å²) in [4.78, 5) is 38.6. The van der Waals surface area contributed by atoms with Crippen molar-refractivity contribution in [3.05, 3.63) is 11.9 Å². The summed E-state index contributed by atoms with van der Waals surface area (Å²) in [5, 5.41) is 29.6. The summed E-state index contributed by atoms with van der Waals surface area (Å²) < 4.78 is 1.47. The summed E-state index contributed by atoms with van der Waals surface area (Å²) in [5.74, 6) is -0.690. The Hall–Kier alpha value is -2.33. The second-order valence-corrected chi connectivity index (χ2v) is 8.48. The zero-order chi connectivity index (χ0) is 21.8. The van der Waals surface area contributed by atoms with Crippen molar-refractivity contribution in [2.24, 2.45) is 5.41 Å². The lowest BCUT2D eigenvalue weighted by molar-refractivity contribution is -0.144. The van der Waals surface area contributed by atoms with Gasteiger partial charge < -0.3 is 20.4 Å². The summed E-state index contributed by atoms with van der Waals surface area (Å²) in [6, 6.07) is -1.46. The lowest BCUT2D eigenvalue weighted by atomic mass is 9.85. The van der Waals surface area contributed by atoms with E-state index in [2.05, 4.69) is 15.6 Å². The SMILES string of the molecule is CNC(=O)[C@@H]1C[C@@H](O)CN1C(=O)[C@@H](n1cc(CCC(=O)CCO)nn1)C(C)(C)C. The molecule has 2 amide bonds. The minimum absolute atomic E-state index is 0.0648. The van der Waals surface area contributed by atoms with E-state index in [-0.39, 0.29) is 50.0 Å². The van der Waals surface area contributed by atoms with Crippen LogP contribution in [0.25, 0.3) is 0 Å². The Morgan fingerprint density at radius 3 is 2.59 bits per heavy atom. The minimum atomic E-state index is -0.759. The fourth-order valence-corrected chi connectivity index (χ4v) is 3.58. The van der Waals surface area contributed by atoms with Gasteiger partial charge in [-0.05, 0) is 11.8 Å². The first-order valence-corrected chi connectivity index (χ1v) is 9.81. The Kier molecular flexibility index (Phi) is 7.48. The summed E-state index contributed by atoms with van der Waals surface area (Å²) >= 11 is 0. The highest BCUT2D eigenvalue weighted by atomic mass is 16.3. The molecule has 0 unspecified atom stereocenters. The molecule has 1 saturated heterocycles. The van der Waals surface area contributed by atoms with E-state index in [4.69, 9.17) is 5.11 Å². The van der Waals surface area contributed by atoms with Crippen molar-refractivity contribution in [2.45, 2.75) is 64.6 Å². The third-order valence-corrected chi connectivity index (χ3v) is 5.04. The molecular weight excluding hydrogens is 378 g/mol. The molecule has 0 aromatic carbocycles. The summed E-state index contributed by atoms with van der Waals surface area (Å²) in [5.41, 5.74) is 0.0397. The van der Waals surface area contributed by atoms with Crippen LogP contribution in [0.1, 0.15) is 51.8 Å². The minimum Gasteiger partial charge on any atom is -0.396 e. The van der Waals surface area contributed by atoms with E-state index in [1.54, 1.807) is 6.20 Å². The maximum atomic E-state index is 13.4. The molecule has 10 nitrogen and oxygen atoms in total. The molecule has 10 heteroatoms. The molecule has 1 fully saturated rings. The fraction of sp³-hybridized carbons (Fsp3) is 0.737. The molecule has 2 heterocycles. The molecule has 1 aromatic heterocycles. The number of ketones is 1. The molecule has 29 heavy (non-hydrogen) atoms. The maximum absolute atomic E-state index is 13.4. The predicted octanol–water partition coefficient (Wildman–Crippen LogP) is -0.543. The molecule has 3 N–H and O–H groups in total. The first kappa shape index (κ1) is 23.0. The Balaban J connectivity index is 2.23. The van der Waals surface area contributed by atoms with Gasteiger partial charge in [0.15, 0.2) is 0 Å². The number of aromatic nitrogens is 3. The largest absolute Gasteiger partial charge is 0.396 e. The van der Waals surface area contributed by atoms with Crippen LogP contribution in [-0.4, -0.2) is 80.0 Å². The summed E-state index contributed by atoms with van der Waals surface area (Å²) in [7, 11) is 1.50. The van der Waals surface area contributed by atoms with E-state index >= 15 is 0 Å². The van der Waals surface area contributed by atoms with Crippen LogP contribution < -0.4 is 5.32 Å². The van der Waals surface area contributed by atoms with Crippen LogP contribution in [0.3, 0.4) is 0 Å². The van der Waals surface area contributed by atoms with Gasteiger partial charge in [-0.3, -0.25) is 14.4 Å². The van der Waals surface area contributed by atoms with Gasteiger partial charge in [-0.15, -0.1) is 5.10 Å². The fourth-order valence-electron chi connectivity index (χ4n) is 3.58. The number of Topliss-reactive ketones (excluding diaryl/α,β-unsaturated/α-hetero) is 1. The predicted molar refractivity (Wildman–Crippen MR) is 104 cm³/mol. The Bertz CT molecular complexity index is 742. The van der Waals surface area contributed by atoms with Crippen molar-refractivity contribution >= 4 is 17.6 Å². The number of nitrogens with one attached hydrogen (secondary N) is 1. The molecule has 0 bridgehead atoms. The van der Waals surface area contributed by atoms with Gasteiger partial charge in [0.1, 0.15) is 17.9 Å². The number of hydrogen-bond acceptors (Lipinski definition) is 7. The van der Waals surface area contributed by atoms with Gasteiger partial charge in [-0.2, -0.15) is 0 Å². The van der Waals surface area contributed by atoms with E-state index in [1.807, 2.05) is 20.8 Å². The zero-order valence-corrected chi connectivity index (χ0v) is 17.5. The van der Waals surface area contributed by atoms with Crippen LogP contribution in [0.4, 0.5) is 0 Å². The van der Waals surface area contributed by atoms with Gasteiger partial charge in [0.05, 0.1) is 11.8 Å². The highest BCUT2D eigenvalue weighted by Crippen LogP contribution is 2.34. The van der Waals surface area contributed by atoms with Crippen LogP contribution >= 0.6 is 0 Å². The lowest BCUT2D eigenvalue weighted by Crippen LogP contribution is -2.49.